The molecule has 2 aromatic carbocycles. The molecule has 2 aromatic rings. The van der Waals surface area contributed by atoms with Crippen LogP contribution >= 0.6 is 0 Å². The van der Waals surface area contributed by atoms with Crippen LogP contribution in [0.25, 0.3) is 0 Å². The fourth-order valence-electron chi connectivity index (χ4n) is 3.30. The maximum Gasteiger partial charge on any atom is 0.123 e. The van der Waals surface area contributed by atoms with Crippen molar-refractivity contribution in [3.05, 3.63) is 71.2 Å². The van der Waals surface area contributed by atoms with Crippen molar-refractivity contribution in [1.29, 1.82) is 0 Å². The minimum atomic E-state index is -0.224. The molecule has 1 atom stereocenters. The van der Waals surface area contributed by atoms with Crippen LogP contribution < -0.4 is 10.6 Å². The highest BCUT2D eigenvalue weighted by Gasteiger charge is 2.31. The third kappa shape index (κ3) is 2.68. The Bertz CT molecular complexity index is 834. The van der Waals surface area contributed by atoms with Gasteiger partial charge in [-0.15, -0.1) is 0 Å². The third-order valence-corrected chi connectivity index (χ3v) is 4.54. The van der Waals surface area contributed by atoms with E-state index in [-0.39, 0.29) is 17.4 Å². The molecule has 0 bridgehead atoms. The lowest BCUT2D eigenvalue weighted by molar-refractivity contribution is 0.512. The number of fused-ring (bicyclic) bond motifs is 1. The highest BCUT2D eigenvalue weighted by atomic mass is 19.1. The number of benzene rings is 2. The molecule has 0 fully saturated rings. The van der Waals surface area contributed by atoms with Crippen molar-refractivity contribution in [1.82, 2.24) is 0 Å². The normalized spacial score (nSPS) is 21.2. The number of nitrogens with one attached hydrogen (secondary N) is 2. The van der Waals surface area contributed by atoms with E-state index in [0.29, 0.717) is 0 Å². The van der Waals surface area contributed by atoms with E-state index in [0.717, 1.165) is 28.9 Å². The molecule has 3 nitrogen and oxygen atoms in total. The van der Waals surface area contributed by atoms with Crippen molar-refractivity contribution < 1.29 is 4.39 Å². The Hall–Kier alpha value is -2.62. The fraction of sp³-hybridized carbons (Fsp3) is 0.250. The van der Waals surface area contributed by atoms with E-state index in [2.05, 4.69) is 36.6 Å². The average molecular weight is 321 g/mol. The monoisotopic (exact) mass is 321 g/mol. The van der Waals surface area contributed by atoms with Crippen LogP contribution in [0.3, 0.4) is 0 Å². The van der Waals surface area contributed by atoms with Crippen LogP contribution in [0.1, 0.15) is 31.9 Å². The maximum absolute atomic E-state index is 13.3. The summed E-state index contributed by atoms with van der Waals surface area (Å²) in [4.78, 5) is 4.71. The molecule has 0 saturated carbocycles. The van der Waals surface area contributed by atoms with E-state index in [1.165, 1.54) is 17.8 Å². The van der Waals surface area contributed by atoms with Gasteiger partial charge in [-0.3, -0.25) is 4.99 Å². The van der Waals surface area contributed by atoms with Gasteiger partial charge in [0.2, 0.25) is 0 Å². The van der Waals surface area contributed by atoms with E-state index in [1.54, 1.807) is 0 Å². The van der Waals surface area contributed by atoms with Crippen molar-refractivity contribution in [2.45, 2.75) is 31.8 Å². The third-order valence-electron chi connectivity index (χ3n) is 4.54. The van der Waals surface area contributed by atoms with Crippen molar-refractivity contribution in [3.63, 3.8) is 0 Å². The molecule has 0 aromatic heterocycles. The van der Waals surface area contributed by atoms with E-state index < -0.39 is 0 Å². The Kier molecular flexibility index (Phi) is 3.41. The quantitative estimate of drug-likeness (QED) is 0.783. The Balaban J connectivity index is 1.84. The largest absolute Gasteiger partial charge is 0.372 e. The summed E-state index contributed by atoms with van der Waals surface area (Å²) in [5.41, 5.74) is 5.26. The van der Waals surface area contributed by atoms with Gasteiger partial charge in [0.1, 0.15) is 5.82 Å². The Morgan fingerprint density at radius 1 is 1.04 bits per heavy atom. The van der Waals surface area contributed by atoms with Crippen LogP contribution in [0.2, 0.25) is 0 Å². The molecular formula is C20H20FN3. The summed E-state index contributed by atoms with van der Waals surface area (Å²) in [6.07, 6.45) is 2.80. The first kappa shape index (κ1) is 14.9. The topological polar surface area (TPSA) is 36.4 Å². The SMILES string of the molecule is CC1(C)CC2=C(C=N1)C(c1ccc(F)cc1)Nc1ccccc1N2. The maximum atomic E-state index is 13.3. The van der Waals surface area contributed by atoms with Gasteiger partial charge in [0.05, 0.1) is 23.0 Å². The van der Waals surface area contributed by atoms with E-state index in [9.17, 15) is 4.39 Å². The van der Waals surface area contributed by atoms with Gasteiger partial charge in [-0.05, 0) is 43.7 Å². The van der Waals surface area contributed by atoms with Gasteiger partial charge >= 0.3 is 0 Å². The minimum Gasteiger partial charge on any atom is -0.372 e. The predicted octanol–water partition coefficient (Wildman–Crippen LogP) is 4.91. The molecule has 122 valence electrons. The molecule has 0 aliphatic carbocycles. The molecule has 4 rings (SSSR count). The van der Waals surface area contributed by atoms with E-state index in [1.807, 2.05) is 30.5 Å². The van der Waals surface area contributed by atoms with Crippen LogP contribution in [0.15, 0.2) is 64.8 Å². The Morgan fingerprint density at radius 2 is 1.75 bits per heavy atom. The molecule has 0 spiro atoms. The number of para-hydroxylation sites is 2. The first-order chi connectivity index (χ1) is 11.5. The van der Waals surface area contributed by atoms with Gasteiger partial charge in [-0.1, -0.05) is 24.3 Å². The lowest BCUT2D eigenvalue weighted by atomic mass is 9.89. The molecule has 2 N–H and O–H groups in total. The summed E-state index contributed by atoms with van der Waals surface area (Å²) in [7, 11) is 0. The lowest BCUT2D eigenvalue weighted by Crippen LogP contribution is -2.27. The summed E-state index contributed by atoms with van der Waals surface area (Å²) in [5, 5.41) is 7.17. The van der Waals surface area contributed by atoms with Crippen molar-refractivity contribution in [2.75, 3.05) is 10.6 Å². The highest BCUT2D eigenvalue weighted by Crippen LogP contribution is 2.40. The van der Waals surface area contributed by atoms with Crippen LogP contribution in [0.5, 0.6) is 0 Å². The zero-order chi connectivity index (χ0) is 16.7. The molecule has 2 heterocycles. The Morgan fingerprint density at radius 3 is 2.50 bits per heavy atom. The number of rotatable bonds is 1. The molecular weight excluding hydrogens is 301 g/mol. The standard InChI is InChI=1S/C20H20FN3/c1-20(2)11-18-15(12-22-20)19(13-7-9-14(21)10-8-13)24-17-6-4-3-5-16(17)23-18/h3-10,12,19,23-24H,11H2,1-2H3. The van der Waals surface area contributed by atoms with Gasteiger partial charge in [0.15, 0.2) is 0 Å². The van der Waals surface area contributed by atoms with E-state index >= 15 is 0 Å². The first-order valence-corrected chi connectivity index (χ1v) is 8.18. The number of hydrogen-bond donors (Lipinski definition) is 2. The molecule has 2 aliphatic rings. The second-order valence-corrected chi connectivity index (χ2v) is 6.98. The molecule has 1 unspecified atom stereocenters. The second-order valence-electron chi connectivity index (χ2n) is 6.98. The van der Waals surface area contributed by atoms with Gasteiger partial charge in [-0.2, -0.15) is 0 Å². The minimum absolute atomic E-state index is 0.0587. The average Bonchev–Trinajstić information content (AvgIpc) is 2.70. The second kappa shape index (κ2) is 5.48. The van der Waals surface area contributed by atoms with Crippen molar-refractivity contribution in [3.8, 4) is 0 Å². The van der Waals surface area contributed by atoms with Gasteiger partial charge in [-0.25, -0.2) is 4.39 Å². The van der Waals surface area contributed by atoms with Gasteiger partial charge in [0.25, 0.3) is 0 Å². The molecule has 4 heteroatoms. The van der Waals surface area contributed by atoms with Crippen LogP contribution in [0, 0.1) is 5.82 Å². The lowest BCUT2D eigenvalue weighted by Gasteiger charge is -2.29. The van der Waals surface area contributed by atoms with Crippen molar-refractivity contribution >= 4 is 17.6 Å². The van der Waals surface area contributed by atoms with Gasteiger partial charge in [0, 0.05) is 23.9 Å². The van der Waals surface area contributed by atoms with Crippen LogP contribution in [-0.2, 0) is 0 Å². The molecule has 2 aliphatic heterocycles. The summed E-state index contributed by atoms with van der Waals surface area (Å²) < 4.78 is 13.3. The molecule has 0 saturated heterocycles. The Labute approximate surface area is 141 Å². The summed E-state index contributed by atoms with van der Waals surface area (Å²) >= 11 is 0. The molecule has 0 radical (unpaired) electrons. The summed E-state index contributed by atoms with van der Waals surface area (Å²) in [5.74, 6) is -0.224. The fourth-order valence-corrected chi connectivity index (χ4v) is 3.30. The zero-order valence-corrected chi connectivity index (χ0v) is 13.8. The van der Waals surface area contributed by atoms with Crippen LogP contribution in [-0.4, -0.2) is 11.8 Å². The smallest absolute Gasteiger partial charge is 0.123 e. The number of nitrogens with zero attached hydrogens (tertiary/aromatic N) is 1. The number of halogens is 1. The predicted molar refractivity (Wildman–Crippen MR) is 97.0 cm³/mol. The number of hydrogen-bond acceptors (Lipinski definition) is 3. The first-order valence-electron chi connectivity index (χ1n) is 8.18. The molecule has 0 amide bonds. The van der Waals surface area contributed by atoms with Crippen LogP contribution in [0.4, 0.5) is 15.8 Å². The summed E-state index contributed by atoms with van der Waals surface area (Å²) in [6, 6.07) is 14.8. The number of anilines is 2. The zero-order valence-electron chi connectivity index (χ0n) is 13.8. The summed E-state index contributed by atoms with van der Waals surface area (Å²) in [6.45, 7) is 4.26. The van der Waals surface area contributed by atoms with Gasteiger partial charge < -0.3 is 10.6 Å². The highest BCUT2D eigenvalue weighted by molar-refractivity contribution is 5.88. The van der Waals surface area contributed by atoms with E-state index in [4.69, 9.17) is 4.99 Å². The molecule has 24 heavy (non-hydrogen) atoms. The van der Waals surface area contributed by atoms with Crippen molar-refractivity contribution in [2.24, 2.45) is 4.99 Å². The number of aliphatic imine (C=N–C) groups is 1. The number of dihydropyridines is 1.